The Kier molecular flexibility index (Phi) is 6.01. The maximum Gasteiger partial charge on any atom is 0.118 e. The molecule has 3 heteroatoms. The van der Waals surface area contributed by atoms with Crippen LogP contribution in [0.25, 0.3) is 0 Å². The Balaban J connectivity index is 2.65. The highest BCUT2D eigenvalue weighted by molar-refractivity contribution is 5.29. The van der Waals surface area contributed by atoms with E-state index in [0.29, 0.717) is 12.0 Å². The van der Waals surface area contributed by atoms with Crippen LogP contribution >= 0.6 is 0 Å². The first-order valence-electron chi connectivity index (χ1n) is 6.01. The molecule has 0 heterocycles. The van der Waals surface area contributed by atoms with Crippen LogP contribution in [0.5, 0.6) is 5.75 Å². The quantitative estimate of drug-likeness (QED) is 0.790. The van der Waals surface area contributed by atoms with Crippen molar-refractivity contribution in [3.05, 3.63) is 29.8 Å². The van der Waals surface area contributed by atoms with E-state index in [2.05, 4.69) is 24.4 Å². The van der Waals surface area contributed by atoms with Gasteiger partial charge in [-0.2, -0.15) is 0 Å². The molecule has 2 unspecified atom stereocenters. The average molecular weight is 237 g/mol. The summed E-state index contributed by atoms with van der Waals surface area (Å²) in [4.78, 5) is 0. The van der Waals surface area contributed by atoms with Crippen LogP contribution in [-0.4, -0.2) is 27.9 Å². The molecular formula is C14H23NO2. The van der Waals surface area contributed by atoms with Gasteiger partial charge in [-0.1, -0.05) is 19.1 Å². The summed E-state index contributed by atoms with van der Waals surface area (Å²) >= 11 is 0. The maximum atomic E-state index is 5.17. The van der Waals surface area contributed by atoms with E-state index in [1.807, 2.05) is 19.2 Å². The molecule has 3 nitrogen and oxygen atoms in total. The second-order valence-corrected chi connectivity index (χ2v) is 4.41. The number of ether oxygens (including phenoxy) is 2. The Morgan fingerprint density at radius 1 is 1.18 bits per heavy atom. The first-order chi connectivity index (χ1) is 8.21. The highest BCUT2D eigenvalue weighted by Gasteiger charge is 2.13. The van der Waals surface area contributed by atoms with Crippen molar-refractivity contribution < 1.29 is 9.47 Å². The number of rotatable bonds is 7. The van der Waals surface area contributed by atoms with Crippen LogP contribution < -0.4 is 10.1 Å². The highest BCUT2D eigenvalue weighted by atomic mass is 16.5. The van der Waals surface area contributed by atoms with Crippen LogP contribution in [0.1, 0.15) is 24.9 Å². The van der Waals surface area contributed by atoms with E-state index in [1.54, 1.807) is 14.2 Å². The van der Waals surface area contributed by atoms with Crippen LogP contribution in [-0.2, 0) is 4.74 Å². The number of nitrogens with one attached hydrogen (secondary N) is 1. The Labute approximate surface area is 104 Å². The van der Waals surface area contributed by atoms with Gasteiger partial charge in [0, 0.05) is 19.8 Å². The molecule has 0 aliphatic carbocycles. The lowest BCUT2D eigenvalue weighted by molar-refractivity contribution is 0.150. The van der Waals surface area contributed by atoms with Crippen molar-refractivity contribution in [2.24, 2.45) is 5.92 Å². The first kappa shape index (κ1) is 14.0. The molecule has 0 aromatic heterocycles. The zero-order valence-electron chi connectivity index (χ0n) is 11.2. The fraction of sp³-hybridized carbons (Fsp3) is 0.571. The Morgan fingerprint density at radius 2 is 1.82 bits per heavy atom. The molecule has 0 aliphatic heterocycles. The summed E-state index contributed by atoms with van der Waals surface area (Å²) in [6, 6.07) is 8.59. The summed E-state index contributed by atoms with van der Waals surface area (Å²) in [7, 11) is 5.43. The third-order valence-corrected chi connectivity index (χ3v) is 2.96. The molecule has 0 bridgehead atoms. The minimum absolute atomic E-state index is 0.367. The number of hydrogen-bond donors (Lipinski definition) is 1. The van der Waals surface area contributed by atoms with E-state index in [0.717, 1.165) is 18.8 Å². The topological polar surface area (TPSA) is 30.5 Å². The van der Waals surface area contributed by atoms with Gasteiger partial charge >= 0.3 is 0 Å². The molecule has 17 heavy (non-hydrogen) atoms. The van der Waals surface area contributed by atoms with Gasteiger partial charge < -0.3 is 14.8 Å². The molecule has 0 radical (unpaired) electrons. The average Bonchev–Trinajstić information content (AvgIpc) is 2.36. The molecule has 1 N–H and O–H groups in total. The third-order valence-electron chi connectivity index (χ3n) is 2.96. The zero-order chi connectivity index (χ0) is 12.7. The lowest BCUT2D eigenvalue weighted by atomic mass is 9.96. The predicted octanol–water partition coefficient (Wildman–Crippen LogP) is 2.63. The number of methoxy groups -OCH3 is 2. The molecule has 0 saturated carbocycles. The van der Waals surface area contributed by atoms with Crippen molar-refractivity contribution in [1.82, 2.24) is 5.32 Å². The zero-order valence-corrected chi connectivity index (χ0v) is 11.2. The monoisotopic (exact) mass is 237 g/mol. The van der Waals surface area contributed by atoms with E-state index < -0.39 is 0 Å². The Bertz CT molecular complexity index is 311. The second-order valence-electron chi connectivity index (χ2n) is 4.41. The van der Waals surface area contributed by atoms with E-state index in [-0.39, 0.29) is 0 Å². The summed E-state index contributed by atoms with van der Waals surface area (Å²) in [5, 5.41) is 3.35. The van der Waals surface area contributed by atoms with Crippen LogP contribution in [0.15, 0.2) is 24.3 Å². The molecule has 0 aliphatic rings. The lowest BCUT2D eigenvalue weighted by Gasteiger charge is -2.20. The van der Waals surface area contributed by atoms with Gasteiger partial charge in [-0.05, 0) is 37.1 Å². The molecule has 1 aromatic rings. The smallest absolute Gasteiger partial charge is 0.118 e. The standard InChI is InChI=1S/C14H23NO2/c1-11(10-16-3)9-14(15-2)12-5-7-13(17-4)8-6-12/h5-8,11,14-15H,9-10H2,1-4H3. The second kappa shape index (κ2) is 7.30. The van der Waals surface area contributed by atoms with Gasteiger partial charge in [-0.25, -0.2) is 0 Å². The molecule has 0 fully saturated rings. The van der Waals surface area contributed by atoms with Crippen LogP contribution in [0.2, 0.25) is 0 Å². The molecule has 1 aromatic carbocycles. The van der Waals surface area contributed by atoms with Gasteiger partial charge in [0.05, 0.1) is 7.11 Å². The Hall–Kier alpha value is -1.06. The third kappa shape index (κ3) is 4.36. The largest absolute Gasteiger partial charge is 0.497 e. The summed E-state index contributed by atoms with van der Waals surface area (Å²) in [6.45, 7) is 3.01. The van der Waals surface area contributed by atoms with Gasteiger partial charge in [0.1, 0.15) is 5.75 Å². The van der Waals surface area contributed by atoms with Gasteiger partial charge in [0.25, 0.3) is 0 Å². The van der Waals surface area contributed by atoms with E-state index in [4.69, 9.17) is 9.47 Å². The van der Waals surface area contributed by atoms with Crippen molar-refractivity contribution in [2.45, 2.75) is 19.4 Å². The normalized spacial score (nSPS) is 14.4. The summed E-state index contributed by atoms with van der Waals surface area (Å²) in [5.74, 6) is 1.44. The summed E-state index contributed by atoms with van der Waals surface area (Å²) in [6.07, 6.45) is 1.07. The lowest BCUT2D eigenvalue weighted by Crippen LogP contribution is -2.20. The summed E-state index contributed by atoms with van der Waals surface area (Å²) < 4.78 is 10.3. The molecule has 0 spiro atoms. The van der Waals surface area contributed by atoms with Gasteiger partial charge in [-0.15, -0.1) is 0 Å². The minimum Gasteiger partial charge on any atom is -0.497 e. The molecular weight excluding hydrogens is 214 g/mol. The van der Waals surface area contributed by atoms with Crippen molar-refractivity contribution in [2.75, 3.05) is 27.9 Å². The van der Waals surface area contributed by atoms with Crippen molar-refractivity contribution in [3.8, 4) is 5.75 Å². The highest BCUT2D eigenvalue weighted by Crippen LogP contribution is 2.23. The van der Waals surface area contributed by atoms with Gasteiger partial charge in [0.2, 0.25) is 0 Å². The van der Waals surface area contributed by atoms with E-state index in [9.17, 15) is 0 Å². The summed E-state index contributed by atoms with van der Waals surface area (Å²) in [5.41, 5.74) is 1.29. The van der Waals surface area contributed by atoms with Crippen LogP contribution in [0.3, 0.4) is 0 Å². The predicted molar refractivity (Wildman–Crippen MR) is 70.5 cm³/mol. The first-order valence-corrected chi connectivity index (χ1v) is 6.01. The van der Waals surface area contributed by atoms with Crippen LogP contribution in [0, 0.1) is 5.92 Å². The number of hydrogen-bond acceptors (Lipinski definition) is 3. The molecule has 0 amide bonds. The Morgan fingerprint density at radius 3 is 2.29 bits per heavy atom. The minimum atomic E-state index is 0.367. The number of benzene rings is 1. The van der Waals surface area contributed by atoms with Gasteiger partial charge in [-0.3, -0.25) is 0 Å². The van der Waals surface area contributed by atoms with E-state index in [1.165, 1.54) is 5.56 Å². The molecule has 0 saturated heterocycles. The van der Waals surface area contributed by atoms with Crippen molar-refractivity contribution in [3.63, 3.8) is 0 Å². The van der Waals surface area contributed by atoms with Crippen molar-refractivity contribution in [1.29, 1.82) is 0 Å². The molecule has 1 rings (SSSR count). The fourth-order valence-electron chi connectivity index (χ4n) is 2.01. The maximum absolute atomic E-state index is 5.17. The van der Waals surface area contributed by atoms with E-state index >= 15 is 0 Å². The SMILES string of the molecule is CNC(CC(C)COC)c1ccc(OC)cc1. The van der Waals surface area contributed by atoms with Crippen LogP contribution in [0.4, 0.5) is 0 Å². The van der Waals surface area contributed by atoms with Crippen molar-refractivity contribution >= 4 is 0 Å². The van der Waals surface area contributed by atoms with Gasteiger partial charge in [0.15, 0.2) is 0 Å². The fourth-order valence-corrected chi connectivity index (χ4v) is 2.01. The molecule has 2 atom stereocenters. The molecule has 96 valence electrons.